The largest absolute Gasteiger partial charge is 0.357 e. The predicted octanol–water partition coefficient (Wildman–Crippen LogP) is 0.241. The minimum Gasteiger partial charge on any atom is -0.357 e. The summed E-state index contributed by atoms with van der Waals surface area (Å²) in [6.45, 7) is 0.695. The van der Waals surface area contributed by atoms with Crippen LogP contribution in [0, 0.1) is 5.92 Å². The van der Waals surface area contributed by atoms with Crippen molar-refractivity contribution < 1.29 is 9.59 Å². The summed E-state index contributed by atoms with van der Waals surface area (Å²) in [6.07, 6.45) is 5.66. The Morgan fingerprint density at radius 2 is 1.89 bits per heavy atom. The number of likely N-dealkylation sites (tertiary alicyclic amines) is 1. The Kier molecular flexibility index (Phi) is 4.22. The first-order valence-electron chi connectivity index (χ1n) is 6.93. The molecular formula is C13H23N3O2. The Morgan fingerprint density at radius 1 is 1.17 bits per heavy atom. The Balaban J connectivity index is 2.05. The van der Waals surface area contributed by atoms with E-state index < -0.39 is 0 Å². The molecule has 1 aliphatic carbocycles. The third-order valence-corrected chi connectivity index (χ3v) is 4.22. The van der Waals surface area contributed by atoms with Gasteiger partial charge in [0.2, 0.25) is 11.8 Å². The zero-order valence-electron chi connectivity index (χ0n) is 11.0. The Hall–Kier alpha value is -1.10. The molecule has 2 amide bonds. The van der Waals surface area contributed by atoms with Crippen LogP contribution in [0.5, 0.6) is 0 Å². The van der Waals surface area contributed by atoms with Gasteiger partial charge in [-0.1, -0.05) is 12.8 Å². The maximum Gasteiger partial charge on any atom is 0.242 e. The van der Waals surface area contributed by atoms with Gasteiger partial charge in [-0.05, 0) is 25.7 Å². The number of amides is 2. The summed E-state index contributed by atoms with van der Waals surface area (Å²) in [6, 6.07) is -0.311. The molecule has 0 spiro atoms. The summed E-state index contributed by atoms with van der Waals surface area (Å²) in [5.41, 5.74) is 6.05. The van der Waals surface area contributed by atoms with Crippen molar-refractivity contribution in [1.29, 1.82) is 0 Å². The number of carbonyl (C=O) groups is 2. The van der Waals surface area contributed by atoms with Crippen LogP contribution >= 0.6 is 0 Å². The van der Waals surface area contributed by atoms with Crippen LogP contribution < -0.4 is 11.1 Å². The number of likely N-dealkylation sites (N-methyl/N-ethyl adjacent to an activating group) is 1. The second-order valence-electron chi connectivity index (χ2n) is 5.36. The second-order valence-corrected chi connectivity index (χ2v) is 5.36. The molecule has 1 aliphatic heterocycles. The fraction of sp³-hybridized carbons (Fsp3) is 0.846. The van der Waals surface area contributed by atoms with Crippen molar-refractivity contribution in [2.75, 3.05) is 13.6 Å². The highest BCUT2D eigenvalue weighted by molar-refractivity contribution is 5.89. The maximum absolute atomic E-state index is 12.5. The molecule has 2 rings (SSSR count). The minimum absolute atomic E-state index is 0.0304. The van der Waals surface area contributed by atoms with E-state index in [4.69, 9.17) is 5.73 Å². The maximum atomic E-state index is 12.5. The quantitative estimate of drug-likeness (QED) is 0.740. The molecule has 5 nitrogen and oxygen atoms in total. The van der Waals surface area contributed by atoms with Gasteiger partial charge in [0.05, 0.1) is 5.92 Å². The van der Waals surface area contributed by atoms with Gasteiger partial charge >= 0.3 is 0 Å². The highest BCUT2D eigenvalue weighted by atomic mass is 16.2. The summed E-state index contributed by atoms with van der Waals surface area (Å²) in [5, 5.41) is 2.64. The molecule has 0 aromatic carbocycles. The molecule has 3 N–H and O–H groups in total. The lowest BCUT2D eigenvalue weighted by Crippen LogP contribution is -2.51. The zero-order valence-corrected chi connectivity index (χ0v) is 11.0. The lowest BCUT2D eigenvalue weighted by atomic mass is 9.84. The minimum atomic E-state index is -0.281. The van der Waals surface area contributed by atoms with Crippen molar-refractivity contribution in [1.82, 2.24) is 10.2 Å². The smallest absolute Gasteiger partial charge is 0.242 e. The number of rotatable bonds is 2. The number of nitrogens with one attached hydrogen (secondary N) is 1. The molecule has 0 aromatic heterocycles. The SMILES string of the molecule is CNC(=O)C1CCCN1C(=O)C1CCCCC1N. The molecule has 0 aromatic rings. The van der Waals surface area contributed by atoms with Gasteiger partial charge in [0.15, 0.2) is 0 Å². The van der Waals surface area contributed by atoms with Crippen LogP contribution in [0.2, 0.25) is 0 Å². The van der Waals surface area contributed by atoms with Crippen LogP contribution in [0.15, 0.2) is 0 Å². The van der Waals surface area contributed by atoms with Crippen molar-refractivity contribution >= 4 is 11.8 Å². The highest BCUT2D eigenvalue weighted by Gasteiger charge is 2.39. The summed E-state index contributed by atoms with van der Waals surface area (Å²) < 4.78 is 0. The molecule has 2 fully saturated rings. The van der Waals surface area contributed by atoms with E-state index in [0.29, 0.717) is 6.54 Å². The Bertz CT molecular complexity index is 332. The number of nitrogens with two attached hydrogens (primary N) is 1. The van der Waals surface area contributed by atoms with E-state index in [1.807, 2.05) is 0 Å². The van der Waals surface area contributed by atoms with Gasteiger partial charge in [0.1, 0.15) is 6.04 Å². The van der Waals surface area contributed by atoms with Crippen LogP contribution in [0.1, 0.15) is 38.5 Å². The van der Waals surface area contributed by atoms with Gasteiger partial charge in [-0.2, -0.15) is 0 Å². The average molecular weight is 253 g/mol. The first-order chi connectivity index (χ1) is 8.65. The molecular weight excluding hydrogens is 230 g/mol. The van der Waals surface area contributed by atoms with E-state index in [1.54, 1.807) is 11.9 Å². The van der Waals surface area contributed by atoms with E-state index in [0.717, 1.165) is 38.5 Å². The van der Waals surface area contributed by atoms with Gasteiger partial charge in [-0.15, -0.1) is 0 Å². The van der Waals surface area contributed by atoms with Gasteiger partial charge in [-0.25, -0.2) is 0 Å². The first kappa shape index (κ1) is 13.3. The zero-order chi connectivity index (χ0) is 13.1. The van der Waals surface area contributed by atoms with Crippen molar-refractivity contribution in [2.45, 2.75) is 50.6 Å². The third kappa shape index (κ3) is 2.51. The van der Waals surface area contributed by atoms with E-state index in [-0.39, 0.29) is 29.8 Å². The Labute approximate surface area is 108 Å². The molecule has 1 saturated heterocycles. The van der Waals surface area contributed by atoms with Crippen molar-refractivity contribution in [3.8, 4) is 0 Å². The predicted molar refractivity (Wildman–Crippen MR) is 68.7 cm³/mol. The molecule has 5 heteroatoms. The van der Waals surface area contributed by atoms with Crippen molar-refractivity contribution in [2.24, 2.45) is 11.7 Å². The van der Waals surface area contributed by atoms with Crippen molar-refractivity contribution in [3.05, 3.63) is 0 Å². The molecule has 18 heavy (non-hydrogen) atoms. The van der Waals surface area contributed by atoms with E-state index >= 15 is 0 Å². The first-order valence-corrected chi connectivity index (χ1v) is 6.93. The molecule has 2 aliphatic rings. The summed E-state index contributed by atoms with van der Waals surface area (Å²) in [5.74, 6) is -0.0393. The Morgan fingerprint density at radius 3 is 2.56 bits per heavy atom. The lowest BCUT2D eigenvalue weighted by molar-refractivity contribution is -0.142. The average Bonchev–Trinajstić information content (AvgIpc) is 2.86. The van der Waals surface area contributed by atoms with Gasteiger partial charge in [-0.3, -0.25) is 9.59 Å². The van der Waals surface area contributed by atoms with Crippen LogP contribution in [0.25, 0.3) is 0 Å². The standard InChI is InChI=1S/C13H23N3O2/c1-15-12(17)11-7-4-8-16(11)13(18)9-5-2-3-6-10(9)14/h9-11H,2-8,14H2,1H3,(H,15,17). The van der Waals surface area contributed by atoms with Gasteiger partial charge < -0.3 is 16.0 Å². The van der Waals surface area contributed by atoms with E-state index in [1.165, 1.54) is 0 Å². The van der Waals surface area contributed by atoms with Gasteiger partial charge in [0.25, 0.3) is 0 Å². The fourth-order valence-corrected chi connectivity index (χ4v) is 3.15. The van der Waals surface area contributed by atoms with Crippen LogP contribution in [-0.4, -0.2) is 42.4 Å². The molecule has 0 bridgehead atoms. The number of carbonyl (C=O) groups excluding carboxylic acids is 2. The van der Waals surface area contributed by atoms with Gasteiger partial charge in [0, 0.05) is 19.6 Å². The number of nitrogens with zero attached hydrogens (tertiary/aromatic N) is 1. The lowest BCUT2D eigenvalue weighted by Gasteiger charge is -2.33. The molecule has 1 saturated carbocycles. The molecule has 3 unspecified atom stereocenters. The van der Waals surface area contributed by atoms with E-state index in [9.17, 15) is 9.59 Å². The van der Waals surface area contributed by atoms with Crippen molar-refractivity contribution in [3.63, 3.8) is 0 Å². The second kappa shape index (κ2) is 5.69. The van der Waals surface area contributed by atoms with E-state index in [2.05, 4.69) is 5.32 Å². The topological polar surface area (TPSA) is 75.4 Å². The molecule has 0 radical (unpaired) electrons. The summed E-state index contributed by atoms with van der Waals surface area (Å²) >= 11 is 0. The van der Waals surface area contributed by atoms with Crippen LogP contribution in [0.4, 0.5) is 0 Å². The molecule has 102 valence electrons. The number of hydrogen-bond donors (Lipinski definition) is 2. The molecule has 1 heterocycles. The van der Waals surface area contributed by atoms with Crippen LogP contribution in [0.3, 0.4) is 0 Å². The number of hydrogen-bond acceptors (Lipinski definition) is 3. The van der Waals surface area contributed by atoms with Crippen LogP contribution in [-0.2, 0) is 9.59 Å². The summed E-state index contributed by atoms with van der Waals surface area (Å²) in [4.78, 5) is 26.0. The highest BCUT2D eigenvalue weighted by Crippen LogP contribution is 2.28. The normalized spacial score (nSPS) is 32.3. The summed E-state index contributed by atoms with van der Waals surface area (Å²) in [7, 11) is 1.62. The third-order valence-electron chi connectivity index (χ3n) is 4.22. The monoisotopic (exact) mass is 253 g/mol. The molecule has 3 atom stereocenters. The fourth-order valence-electron chi connectivity index (χ4n) is 3.15.